The van der Waals surface area contributed by atoms with Crippen LogP contribution in [0.4, 0.5) is 0 Å². The fourth-order valence-electron chi connectivity index (χ4n) is 3.80. The molecule has 0 radical (unpaired) electrons. The summed E-state index contributed by atoms with van der Waals surface area (Å²) in [6.07, 6.45) is 5.22. The molecule has 1 aliphatic carbocycles. The number of hydrogen-bond donors (Lipinski definition) is 1. The molecule has 3 fully saturated rings. The molecule has 6 heteroatoms. The molecule has 2 saturated heterocycles. The zero-order valence-corrected chi connectivity index (χ0v) is 17.2. The number of halogens is 1. The summed E-state index contributed by atoms with van der Waals surface area (Å²) in [5.41, 5.74) is 1.20. The molecule has 2 aliphatic heterocycles. The summed E-state index contributed by atoms with van der Waals surface area (Å²) in [6, 6.07) is 6.19. The van der Waals surface area contributed by atoms with Crippen molar-refractivity contribution in [3.63, 3.8) is 0 Å². The monoisotopic (exact) mass is 396 g/mol. The van der Waals surface area contributed by atoms with Crippen molar-refractivity contribution in [2.45, 2.75) is 38.3 Å². The molecule has 1 aromatic carbocycles. The lowest BCUT2D eigenvalue weighted by Gasteiger charge is -2.35. The maximum atomic E-state index is 6.55. The second-order valence-electron chi connectivity index (χ2n) is 7.57. The lowest BCUT2D eigenvalue weighted by Crippen LogP contribution is -2.38. The van der Waals surface area contributed by atoms with Crippen LogP contribution in [-0.2, 0) is 16.0 Å². The molecule has 3 aliphatic rings. The van der Waals surface area contributed by atoms with E-state index in [1.165, 1.54) is 31.5 Å². The van der Waals surface area contributed by atoms with Gasteiger partial charge < -0.3 is 19.5 Å². The van der Waals surface area contributed by atoms with Crippen molar-refractivity contribution in [3.8, 4) is 5.75 Å². The van der Waals surface area contributed by atoms with E-state index in [1.807, 2.05) is 13.1 Å². The van der Waals surface area contributed by atoms with Gasteiger partial charge in [-0.1, -0.05) is 23.7 Å². The predicted octanol–water partition coefficient (Wildman–Crippen LogP) is 3.35. The molecule has 1 N–H and O–H groups in total. The van der Waals surface area contributed by atoms with Crippen molar-refractivity contribution >= 4 is 11.6 Å². The molecular weight excluding hydrogens is 364 g/mol. The van der Waals surface area contributed by atoms with Crippen LogP contribution in [0.5, 0.6) is 5.75 Å². The summed E-state index contributed by atoms with van der Waals surface area (Å²) >= 11 is 6.55. The third kappa shape index (κ3) is 6.61. The normalized spacial score (nSPS) is 25.4. The number of nitrogens with one attached hydrogen (secondary N) is 1. The second-order valence-corrected chi connectivity index (χ2v) is 7.95. The zero-order chi connectivity index (χ0) is 18.9. The summed E-state index contributed by atoms with van der Waals surface area (Å²) in [6.45, 7) is 7.52. The highest BCUT2D eigenvalue weighted by Gasteiger charge is 2.30. The molecule has 2 heterocycles. The van der Waals surface area contributed by atoms with Gasteiger partial charge in [0.15, 0.2) is 0 Å². The molecule has 0 amide bonds. The summed E-state index contributed by atoms with van der Waals surface area (Å²) in [5.74, 6) is 1.62. The number of likely N-dealkylation sites (tertiary alicyclic amines) is 1. The molecule has 0 unspecified atom stereocenters. The minimum absolute atomic E-state index is 0.336. The molecular formula is C21H33ClN2O3. The van der Waals surface area contributed by atoms with Crippen molar-refractivity contribution < 1.29 is 14.2 Å². The van der Waals surface area contributed by atoms with E-state index >= 15 is 0 Å². The lowest BCUT2D eigenvalue weighted by molar-refractivity contribution is -0.0334. The number of ether oxygens (including phenoxy) is 3. The van der Waals surface area contributed by atoms with Crippen LogP contribution in [0.25, 0.3) is 0 Å². The fraction of sp³-hybridized carbons (Fsp3) is 0.714. The van der Waals surface area contributed by atoms with Gasteiger partial charge in [-0.2, -0.15) is 0 Å². The molecule has 0 atom stereocenters. The Balaban J connectivity index is 0.000000299. The van der Waals surface area contributed by atoms with E-state index < -0.39 is 0 Å². The van der Waals surface area contributed by atoms with E-state index in [0.29, 0.717) is 6.10 Å². The number of rotatable bonds is 6. The third-order valence-electron chi connectivity index (χ3n) is 5.36. The van der Waals surface area contributed by atoms with E-state index in [-0.39, 0.29) is 0 Å². The minimum Gasteiger partial charge on any atom is -0.489 e. The number of nitrogens with zero attached hydrogens (tertiary/aromatic N) is 1. The van der Waals surface area contributed by atoms with Gasteiger partial charge in [-0.05, 0) is 69.9 Å². The molecule has 1 aromatic rings. The first-order valence-electron chi connectivity index (χ1n) is 10.2. The average molecular weight is 397 g/mol. The SMILES string of the molecule is C1COCCO1.CNCC1CC(Oc2cccc(CN3CCCC3)c2Cl)C1. The number of benzene rings is 1. The molecule has 4 rings (SSSR count). The van der Waals surface area contributed by atoms with Gasteiger partial charge >= 0.3 is 0 Å². The summed E-state index contributed by atoms with van der Waals surface area (Å²) in [4.78, 5) is 2.47. The molecule has 1 saturated carbocycles. The lowest BCUT2D eigenvalue weighted by atomic mass is 9.82. The van der Waals surface area contributed by atoms with Crippen LogP contribution in [0.15, 0.2) is 18.2 Å². The topological polar surface area (TPSA) is 43.0 Å². The van der Waals surface area contributed by atoms with Crippen molar-refractivity contribution in [2.75, 3.05) is 53.1 Å². The quantitative estimate of drug-likeness (QED) is 0.798. The Bertz CT molecular complexity index is 545. The fourth-order valence-corrected chi connectivity index (χ4v) is 4.03. The van der Waals surface area contributed by atoms with Crippen LogP contribution in [0.3, 0.4) is 0 Å². The molecule has 152 valence electrons. The average Bonchev–Trinajstić information content (AvgIpc) is 3.18. The van der Waals surface area contributed by atoms with Gasteiger partial charge in [0.05, 0.1) is 37.6 Å². The van der Waals surface area contributed by atoms with Crippen LogP contribution in [0, 0.1) is 5.92 Å². The molecule has 0 spiro atoms. The van der Waals surface area contributed by atoms with E-state index in [9.17, 15) is 0 Å². The van der Waals surface area contributed by atoms with Crippen molar-refractivity contribution in [3.05, 3.63) is 28.8 Å². The molecule has 0 aromatic heterocycles. The van der Waals surface area contributed by atoms with Crippen LogP contribution >= 0.6 is 11.6 Å². The largest absolute Gasteiger partial charge is 0.489 e. The van der Waals surface area contributed by atoms with Crippen LogP contribution < -0.4 is 10.1 Å². The zero-order valence-electron chi connectivity index (χ0n) is 16.4. The Labute approximate surface area is 168 Å². The van der Waals surface area contributed by atoms with Crippen LogP contribution in [0.2, 0.25) is 5.02 Å². The Morgan fingerprint density at radius 3 is 2.37 bits per heavy atom. The van der Waals surface area contributed by atoms with E-state index in [4.69, 9.17) is 25.8 Å². The Morgan fingerprint density at radius 2 is 1.78 bits per heavy atom. The third-order valence-corrected chi connectivity index (χ3v) is 5.79. The van der Waals surface area contributed by atoms with Gasteiger partial charge in [-0.15, -0.1) is 0 Å². The van der Waals surface area contributed by atoms with Gasteiger partial charge in [0.25, 0.3) is 0 Å². The Morgan fingerprint density at radius 1 is 1.11 bits per heavy atom. The maximum Gasteiger partial charge on any atom is 0.138 e. The molecule has 0 bridgehead atoms. The van der Waals surface area contributed by atoms with Gasteiger partial charge in [0, 0.05) is 6.54 Å². The second kappa shape index (κ2) is 11.2. The van der Waals surface area contributed by atoms with E-state index in [1.54, 1.807) is 0 Å². The first-order chi connectivity index (χ1) is 13.3. The highest BCUT2D eigenvalue weighted by molar-refractivity contribution is 6.32. The van der Waals surface area contributed by atoms with E-state index in [2.05, 4.69) is 22.3 Å². The summed E-state index contributed by atoms with van der Waals surface area (Å²) < 4.78 is 16.0. The van der Waals surface area contributed by atoms with Crippen LogP contribution in [0.1, 0.15) is 31.2 Å². The Kier molecular flexibility index (Phi) is 8.68. The summed E-state index contributed by atoms with van der Waals surface area (Å²) in [5, 5.41) is 4.03. The highest BCUT2D eigenvalue weighted by Crippen LogP contribution is 2.35. The first kappa shape index (κ1) is 20.9. The minimum atomic E-state index is 0.336. The first-order valence-corrected chi connectivity index (χ1v) is 10.6. The highest BCUT2D eigenvalue weighted by atomic mass is 35.5. The van der Waals surface area contributed by atoms with Gasteiger partial charge in [-0.25, -0.2) is 0 Å². The standard InChI is InChI=1S/C17H25ClN2O.C4H8O2/c1-19-11-13-9-15(10-13)21-16-6-4-5-14(17(16)18)12-20-7-2-3-8-20;1-2-6-4-3-5-1/h4-6,13,15,19H,2-3,7-12H2,1H3;1-4H2. The van der Waals surface area contributed by atoms with Crippen molar-refractivity contribution in [1.29, 1.82) is 0 Å². The predicted molar refractivity (Wildman–Crippen MR) is 109 cm³/mol. The molecule has 27 heavy (non-hydrogen) atoms. The van der Waals surface area contributed by atoms with Gasteiger partial charge in [0.1, 0.15) is 5.75 Å². The van der Waals surface area contributed by atoms with Crippen molar-refractivity contribution in [1.82, 2.24) is 10.2 Å². The molecule has 5 nitrogen and oxygen atoms in total. The number of hydrogen-bond acceptors (Lipinski definition) is 5. The smallest absolute Gasteiger partial charge is 0.138 e. The maximum absolute atomic E-state index is 6.55. The van der Waals surface area contributed by atoms with Crippen LogP contribution in [-0.4, -0.2) is 64.1 Å². The van der Waals surface area contributed by atoms with Gasteiger partial charge in [-0.3, -0.25) is 4.90 Å². The van der Waals surface area contributed by atoms with E-state index in [0.717, 1.165) is 69.0 Å². The summed E-state index contributed by atoms with van der Waals surface area (Å²) in [7, 11) is 2.01. The van der Waals surface area contributed by atoms with Crippen molar-refractivity contribution in [2.24, 2.45) is 5.92 Å². The van der Waals surface area contributed by atoms with Gasteiger partial charge in [0.2, 0.25) is 0 Å². The Hall–Kier alpha value is -0.850.